The zero-order chi connectivity index (χ0) is 21.0. The first-order valence-electron chi connectivity index (χ1n) is 9.02. The molecule has 0 atom stereocenters. The second-order valence-electron chi connectivity index (χ2n) is 6.55. The molecule has 2 N–H and O–H groups in total. The zero-order valence-electron chi connectivity index (χ0n) is 16.4. The number of amides is 2. The number of aryl methyl sites for hydroxylation is 1. The molecule has 1 heterocycles. The molecule has 6 nitrogen and oxygen atoms in total. The van der Waals surface area contributed by atoms with Crippen LogP contribution in [0.1, 0.15) is 23.9 Å². The van der Waals surface area contributed by atoms with Crippen LogP contribution in [0.5, 0.6) is 0 Å². The number of hydrogen-bond acceptors (Lipinski definition) is 3. The van der Waals surface area contributed by atoms with Gasteiger partial charge in [-0.05, 0) is 68.5 Å². The summed E-state index contributed by atoms with van der Waals surface area (Å²) in [5, 5.41) is 9.92. The Kier molecular flexibility index (Phi) is 5.87. The Bertz CT molecular complexity index is 1070. The molecule has 7 heteroatoms. The topological polar surface area (TPSA) is 76.0 Å². The quantitative estimate of drug-likeness (QED) is 0.638. The molecule has 0 radical (unpaired) electrons. The third-order valence-electron chi connectivity index (χ3n) is 4.29. The molecule has 148 valence electrons. The van der Waals surface area contributed by atoms with Gasteiger partial charge in [0.25, 0.3) is 0 Å². The molecule has 3 aromatic rings. The molecule has 1 aromatic heterocycles. The van der Waals surface area contributed by atoms with Gasteiger partial charge < -0.3 is 10.6 Å². The summed E-state index contributed by atoms with van der Waals surface area (Å²) in [7, 11) is 0. The van der Waals surface area contributed by atoms with E-state index in [-0.39, 0.29) is 17.6 Å². The van der Waals surface area contributed by atoms with Gasteiger partial charge in [-0.2, -0.15) is 5.10 Å². The Balaban J connectivity index is 1.71. The van der Waals surface area contributed by atoms with Crippen molar-refractivity contribution in [3.63, 3.8) is 0 Å². The van der Waals surface area contributed by atoms with Gasteiger partial charge in [0.05, 0.1) is 11.4 Å². The molecule has 0 saturated heterocycles. The average molecular weight is 392 g/mol. The normalized spacial score (nSPS) is 10.9. The maximum Gasteiger partial charge on any atom is 0.248 e. The molecule has 0 aliphatic rings. The lowest BCUT2D eigenvalue weighted by Crippen LogP contribution is -2.08. The number of nitrogens with one attached hydrogen (secondary N) is 2. The lowest BCUT2D eigenvalue weighted by molar-refractivity contribution is -0.114. The summed E-state index contributed by atoms with van der Waals surface area (Å²) < 4.78 is 14.9. The number of rotatable bonds is 5. The summed E-state index contributed by atoms with van der Waals surface area (Å²) >= 11 is 0. The third kappa shape index (κ3) is 4.95. The molecule has 3 rings (SSSR count). The van der Waals surface area contributed by atoms with Crippen LogP contribution >= 0.6 is 0 Å². The van der Waals surface area contributed by atoms with E-state index in [2.05, 4.69) is 15.7 Å². The Morgan fingerprint density at radius 3 is 2.14 bits per heavy atom. The highest BCUT2D eigenvalue weighted by molar-refractivity contribution is 6.02. The van der Waals surface area contributed by atoms with Gasteiger partial charge in [-0.25, -0.2) is 9.07 Å². The molecular formula is C22H21FN4O2. The van der Waals surface area contributed by atoms with E-state index in [0.29, 0.717) is 11.4 Å². The van der Waals surface area contributed by atoms with Gasteiger partial charge in [0.15, 0.2) is 0 Å². The number of halogens is 1. The van der Waals surface area contributed by atoms with Gasteiger partial charge >= 0.3 is 0 Å². The number of nitrogens with zero attached hydrogens (tertiary/aromatic N) is 2. The molecular weight excluding hydrogens is 371 g/mol. The monoisotopic (exact) mass is 392 g/mol. The predicted octanol–water partition coefficient (Wildman–Crippen LogP) is 4.24. The van der Waals surface area contributed by atoms with Gasteiger partial charge in [-0.3, -0.25) is 9.59 Å². The van der Waals surface area contributed by atoms with Crippen LogP contribution in [0.2, 0.25) is 0 Å². The van der Waals surface area contributed by atoms with Crippen molar-refractivity contribution in [3.8, 4) is 5.69 Å². The van der Waals surface area contributed by atoms with Crippen LogP contribution in [-0.4, -0.2) is 21.6 Å². The Morgan fingerprint density at radius 1 is 0.966 bits per heavy atom. The number of aromatic nitrogens is 2. The summed E-state index contributed by atoms with van der Waals surface area (Å²) in [6, 6.07) is 12.9. The van der Waals surface area contributed by atoms with Crippen LogP contribution in [0.4, 0.5) is 15.8 Å². The van der Waals surface area contributed by atoms with Crippen molar-refractivity contribution >= 4 is 29.3 Å². The first-order valence-corrected chi connectivity index (χ1v) is 9.02. The molecule has 0 unspecified atom stereocenters. The molecule has 2 aromatic carbocycles. The maximum atomic E-state index is 13.1. The van der Waals surface area contributed by atoms with E-state index in [0.717, 1.165) is 22.6 Å². The summed E-state index contributed by atoms with van der Waals surface area (Å²) in [5.74, 6) is -0.751. The zero-order valence-corrected chi connectivity index (χ0v) is 16.4. The molecule has 0 spiro atoms. The first-order chi connectivity index (χ1) is 13.8. The lowest BCUT2D eigenvalue weighted by Gasteiger charge is -2.05. The van der Waals surface area contributed by atoms with Crippen LogP contribution < -0.4 is 10.6 Å². The predicted molar refractivity (Wildman–Crippen MR) is 111 cm³/mol. The van der Waals surface area contributed by atoms with Gasteiger partial charge in [-0.15, -0.1) is 0 Å². The fraction of sp³-hybridized carbons (Fsp3) is 0.136. The standard InChI is InChI=1S/C22H21FN4O2/c1-14-21(15(2)27(26-14)20-10-4-17(23)5-11-20)12-13-22(29)25-19-8-6-18(7-9-19)24-16(3)28/h4-13H,1-3H3,(H,24,28)(H,25,29)/b13-12+. The third-order valence-corrected chi connectivity index (χ3v) is 4.29. The van der Waals surface area contributed by atoms with Crippen molar-refractivity contribution in [2.24, 2.45) is 0 Å². The van der Waals surface area contributed by atoms with Crippen molar-refractivity contribution in [1.82, 2.24) is 9.78 Å². The molecule has 0 bridgehead atoms. The van der Waals surface area contributed by atoms with E-state index in [4.69, 9.17) is 0 Å². The Labute approximate surface area is 168 Å². The minimum atomic E-state index is -0.308. The number of carbonyl (C=O) groups excluding carboxylic acids is 2. The fourth-order valence-electron chi connectivity index (χ4n) is 2.91. The molecule has 0 saturated carbocycles. The molecule has 0 aliphatic carbocycles. The largest absolute Gasteiger partial charge is 0.326 e. The van der Waals surface area contributed by atoms with Crippen LogP contribution in [0, 0.1) is 19.7 Å². The van der Waals surface area contributed by atoms with Crippen molar-refractivity contribution in [2.75, 3.05) is 10.6 Å². The summed E-state index contributed by atoms with van der Waals surface area (Å²) in [4.78, 5) is 23.3. The summed E-state index contributed by atoms with van der Waals surface area (Å²) in [6.07, 6.45) is 3.15. The fourth-order valence-corrected chi connectivity index (χ4v) is 2.91. The average Bonchev–Trinajstić information content (AvgIpc) is 2.96. The van der Waals surface area contributed by atoms with Crippen molar-refractivity contribution in [1.29, 1.82) is 0 Å². The maximum absolute atomic E-state index is 13.1. The molecule has 0 fully saturated rings. The van der Waals surface area contributed by atoms with Crippen LogP contribution in [0.15, 0.2) is 54.6 Å². The molecule has 2 amide bonds. The number of carbonyl (C=O) groups is 2. The minimum Gasteiger partial charge on any atom is -0.326 e. The van der Waals surface area contributed by atoms with Gasteiger partial charge in [0, 0.05) is 35.6 Å². The minimum absolute atomic E-state index is 0.156. The van der Waals surface area contributed by atoms with E-state index >= 15 is 0 Å². The van der Waals surface area contributed by atoms with Crippen LogP contribution in [-0.2, 0) is 9.59 Å². The van der Waals surface area contributed by atoms with Gasteiger partial charge in [0.2, 0.25) is 11.8 Å². The number of anilines is 2. The second-order valence-corrected chi connectivity index (χ2v) is 6.55. The SMILES string of the molecule is CC(=O)Nc1ccc(NC(=O)/C=C/c2c(C)nn(-c3ccc(F)cc3)c2C)cc1. The van der Waals surface area contributed by atoms with E-state index in [1.807, 2.05) is 13.8 Å². The lowest BCUT2D eigenvalue weighted by atomic mass is 10.2. The summed E-state index contributed by atoms with van der Waals surface area (Å²) in [5.41, 5.74) is 4.45. The van der Waals surface area contributed by atoms with Crippen molar-refractivity contribution in [2.45, 2.75) is 20.8 Å². The van der Waals surface area contributed by atoms with Crippen LogP contribution in [0.25, 0.3) is 11.8 Å². The molecule has 0 aliphatic heterocycles. The van der Waals surface area contributed by atoms with E-state index in [1.54, 1.807) is 47.2 Å². The Morgan fingerprint density at radius 2 is 1.55 bits per heavy atom. The second kappa shape index (κ2) is 8.52. The smallest absolute Gasteiger partial charge is 0.248 e. The van der Waals surface area contributed by atoms with E-state index in [9.17, 15) is 14.0 Å². The summed E-state index contributed by atoms with van der Waals surface area (Å²) in [6.45, 7) is 5.18. The van der Waals surface area contributed by atoms with Crippen molar-refractivity contribution < 1.29 is 14.0 Å². The van der Waals surface area contributed by atoms with Crippen LogP contribution in [0.3, 0.4) is 0 Å². The van der Waals surface area contributed by atoms with E-state index in [1.165, 1.54) is 25.1 Å². The highest BCUT2D eigenvalue weighted by atomic mass is 19.1. The number of hydrogen-bond donors (Lipinski definition) is 2. The molecule has 29 heavy (non-hydrogen) atoms. The Hall–Kier alpha value is -3.74. The van der Waals surface area contributed by atoms with Crippen molar-refractivity contribution in [3.05, 3.63) is 77.4 Å². The highest BCUT2D eigenvalue weighted by Crippen LogP contribution is 2.20. The highest BCUT2D eigenvalue weighted by Gasteiger charge is 2.11. The first kappa shape index (κ1) is 20.0. The van der Waals surface area contributed by atoms with E-state index < -0.39 is 0 Å². The van der Waals surface area contributed by atoms with Gasteiger partial charge in [-0.1, -0.05) is 0 Å². The van der Waals surface area contributed by atoms with Gasteiger partial charge in [0.1, 0.15) is 5.82 Å². The number of benzene rings is 2.